The lowest BCUT2D eigenvalue weighted by Gasteiger charge is -2.11. The number of halogens is 1. The highest BCUT2D eigenvalue weighted by molar-refractivity contribution is 14.0. The SMILES string of the molecule is CCNC(=NCc1sccc1C)NCCCc1nnc2ccccn12.I. The molecule has 0 saturated carbocycles. The summed E-state index contributed by atoms with van der Waals surface area (Å²) in [6.07, 6.45) is 3.85. The molecule has 0 amide bonds. The molecule has 3 heterocycles. The Labute approximate surface area is 175 Å². The molecule has 26 heavy (non-hydrogen) atoms. The third kappa shape index (κ3) is 5.41. The van der Waals surface area contributed by atoms with E-state index >= 15 is 0 Å². The number of fused-ring (bicyclic) bond motifs is 1. The Kier molecular flexibility index (Phi) is 8.30. The maximum absolute atomic E-state index is 4.67. The van der Waals surface area contributed by atoms with Crippen molar-refractivity contribution in [2.45, 2.75) is 33.2 Å². The van der Waals surface area contributed by atoms with Crippen molar-refractivity contribution in [1.29, 1.82) is 0 Å². The molecule has 0 aliphatic carbocycles. The second kappa shape index (κ2) is 10.5. The fraction of sp³-hybridized carbons (Fsp3) is 0.389. The molecule has 0 aliphatic rings. The summed E-state index contributed by atoms with van der Waals surface area (Å²) in [5, 5.41) is 17.3. The number of rotatable bonds is 7. The van der Waals surface area contributed by atoms with Crippen LogP contribution in [-0.4, -0.2) is 33.6 Å². The van der Waals surface area contributed by atoms with E-state index in [0.29, 0.717) is 6.54 Å². The summed E-state index contributed by atoms with van der Waals surface area (Å²) in [5.41, 5.74) is 2.20. The van der Waals surface area contributed by atoms with Crippen LogP contribution in [-0.2, 0) is 13.0 Å². The number of nitrogens with one attached hydrogen (secondary N) is 2. The summed E-state index contributed by atoms with van der Waals surface area (Å²) in [7, 11) is 0. The topological polar surface area (TPSA) is 66.6 Å². The lowest BCUT2D eigenvalue weighted by atomic mass is 10.3. The number of aromatic nitrogens is 3. The van der Waals surface area contributed by atoms with Crippen LogP contribution in [0.15, 0.2) is 40.8 Å². The predicted octanol–water partition coefficient (Wildman–Crippen LogP) is 3.41. The fourth-order valence-electron chi connectivity index (χ4n) is 2.57. The van der Waals surface area contributed by atoms with Crippen molar-refractivity contribution in [2.24, 2.45) is 4.99 Å². The normalized spacial score (nSPS) is 11.4. The highest BCUT2D eigenvalue weighted by Crippen LogP contribution is 2.16. The molecule has 0 atom stereocenters. The van der Waals surface area contributed by atoms with Gasteiger partial charge in [0.05, 0.1) is 6.54 Å². The molecule has 0 saturated heterocycles. The average Bonchev–Trinajstić information content (AvgIpc) is 3.22. The van der Waals surface area contributed by atoms with Crippen molar-refractivity contribution in [3.8, 4) is 0 Å². The number of nitrogens with zero attached hydrogens (tertiary/aromatic N) is 4. The van der Waals surface area contributed by atoms with Gasteiger partial charge in [-0.15, -0.1) is 45.5 Å². The summed E-state index contributed by atoms with van der Waals surface area (Å²) < 4.78 is 2.04. The monoisotopic (exact) mass is 484 g/mol. The van der Waals surface area contributed by atoms with E-state index in [0.717, 1.165) is 43.4 Å². The minimum Gasteiger partial charge on any atom is -0.357 e. The zero-order valence-corrected chi connectivity index (χ0v) is 18.3. The van der Waals surface area contributed by atoms with E-state index in [9.17, 15) is 0 Å². The van der Waals surface area contributed by atoms with Gasteiger partial charge in [0.2, 0.25) is 0 Å². The first-order valence-corrected chi connectivity index (χ1v) is 9.49. The van der Waals surface area contributed by atoms with Crippen molar-refractivity contribution >= 4 is 46.9 Å². The van der Waals surface area contributed by atoms with Gasteiger partial charge in [0, 0.05) is 30.6 Å². The molecule has 6 nitrogen and oxygen atoms in total. The Hall–Kier alpha value is -1.68. The zero-order valence-electron chi connectivity index (χ0n) is 15.1. The molecule has 0 bridgehead atoms. The Bertz CT molecular complexity index is 841. The average molecular weight is 484 g/mol. The van der Waals surface area contributed by atoms with Gasteiger partial charge >= 0.3 is 0 Å². The number of hydrogen-bond donors (Lipinski definition) is 2. The number of aliphatic imine (C=N–C) groups is 1. The van der Waals surface area contributed by atoms with Crippen LogP contribution in [0.1, 0.15) is 29.6 Å². The maximum Gasteiger partial charge on any atom is 0.191 e. The third-order valence-electron chi connectivity index (χ3n) is 3.95. The number of guanidine groups is 1. The molecular weight excluding hydrogens is 459 g/mol. The first-order valence-electron chi connectivity index (χ1n) is 8.61. The first-order chi connectivity index (χ1) is 12.3. The highest BCUT2D eigenvalue weighted by atomic mass is 127. The van der Waals surface area contributed by atoms with Crippen LogP contribution >= 0.6 is 35.3 Å². The van der Waals surface area contributed by atoms with Gasteiger partial charge in [-0.25, -0.2) is 4.99 Å². The van der Waals surface area contributed by atoms with E-state index in [-0.39, 0.29) is 24.0 Å². The van der Waals surface area contributed by atoms with Crippen LogP contribution in [0.2, 0.25) is 0 Å². The van der Waals surface area contributed by atoms with Crippen LogP contribution in [0.5, 0.6) is 0 Å². The molecule has 3 rings (SSSR count). The number of thiophene rings is 1. The predicted molar refractivity (Wildman–Crippen MR) is 119 cm³/mol. The van der Waals surface area contributed by atoms with Crippen molar-refractivity contribution in [1.82, 2.24) is 25.2 Å². The minimum atomic E-state index is 0. The Morgan fingerprint density at radius 1 is 1.23 bits per heavy atom. The molecule has 0 spiro atoms. The van der Waals surface area contributed by atoms with E-state index in [4.69, 9.17) is 0 Å². The van der Waals surface area contributed by atoms with Crippen LogP contribution in [0.4, 0.5) is 0 Å². The highest BCUT2D eigenvalue weighted by Gasteiger charge is 2.05. The van der Waals surface area contributed by atoms with E-state index in [2.05, 4.69) is 51.1 Å². The van der Waals surface area contributed by atoms with Gasteiger partial charge in [-0.1, -0.05) is 6.07 Å². The van der Waals surface area contributed by atoms with Crippen molar-refractivity contribution in [2.75, 3.05) is 13.1 Å². The Morgan fingerprint density at radius 3 is 2.88 bits per heavy atom. The van der Waals surface area contributed by atoms with E-state index in [1.54, 1.807) is 11.3 Å². The van der Waals surface area contributed by atoms with Gasteiger partial charge in [-0.05, 0) is 49.4 Å². The van der Waals surface area contributed by atoms with Crippen LogP contribution in [0.3, 0.4) is 0 Å². The second-order valence-electron chi connectivity index (χ2n) is 5.80. The minimum absolute atomic E-state index is 0. The zero-order chi connectivity index (χ0) is 17.5. The molecule has 0 aliphatic heterocycles. The molecule has 0 unspecified atom stereocenters. The number of hydrogen-bond acceptors (Lipinski definition) is 4. The molecule has 8 heteroatoms. The molecule has 140 valence electrons. The summed E-state index contributed by atoms with van der Waals surface area (Å²) >= 11 is 1.76. The molecule has 3 aromatic heterocycles. The van der Waals surface area contributed by atoms with E-state index < -0.39 is 0 Å². The standard InChI is InChI=1S/C18H24N6S.HI/c1-3-19-18(21-13-15-14(2)9-12-25-15)20-10-6-8-17-23-22-16-7-4-5-11-24(16)17;/h4-5,7,9,11-12H,3,6,8,10,13H2,1-2H3,(H2,19,20,21);1H. The summed E-state index contributed by atoms with van der Waals surface area (Å²) in [5.74, 6) is 1.86. The smallest absolute Gasteiger partial charge is 0.191 e. The van der Waals surface area contributed by atoms with Crippen molar-refractivity contribution in [3.05, 3.63) is 52.1 Å². The van der Waals surface area contributed by atoms with Crippen LogP contribution in [0, 0.1) is 6.92 Å². The lowest BCUT2D eigenvalue weighted by molar-refractivity contribution is 0.715. The quantitative estimate of drug-likeness (QED) is 0.234. The first kappa shape index (κ1) is 20.6. The summed E-state index contributed by atoms with van der Waals surface area (Å²) in [4.78, 5) is 5.99. The molecule has 0 radical (unpaired) electrons. The van der Waals surface area contributed by atoms with Crippen molar-refractivity contribution in [3.63, 3.8) is 0 Å². The van der Waals surface area contributed by atoms with Gasteiger partial charge in [0.25, 0.3) is 0 Å². The van der Waals surface area contributed by atoms with Crippen LogP contribution in [0.25, 0.3) is 5.65 Å². The largest absolute Gasteiger partial charge is 0.357 e. The van der Waals surface area contributed by atoms with Crippen molar-refractivity contribution < 1.29 is 0 Å². The third-order valence-corrected chi connectivity index (χ3v) is 4.95. The summed E-state index contributed by atoms with van der Waals surface area (Å²) in [6, 6.07) is 8.08. The lowest BCUT2D eigenvalue weighted by Crippen LogP contribution is -2.37. The molecular formula is C18H25IN6S. The van der Waals surface area contributed by atoms with Gasteiger partial charge in [0.1, 0.15) is 5.82 Å². The maximum atomic E-state index is 4.67. The van der Waals surface area contributed by atoms with Gasteiger partial charge in [-0.3, -0.25) is 4.40 Å². The van der Waals surface area contributed by atoms with Gasteiger partial charge in [-0.2, -0.15) is 0 Å². The second-order valence-corrected chi connectivity index (χ2v) is 6.80. The number of pyridine rings is 1. The van der Waals surface area contributed by atoms with Gasteiger partial charge in [0.15, 0.2) is 11.6 Å². The number of aryl methyl sites for hydroxylation is 2. The molecule has 3 aromatic rings. The van der Waals surface area contributed by atoms with E-state index in [1.807, 2.05) is 28.8 Å². The van der Waals surface area contributed by atoms with Gasteiger partial charge < -0.3 is 10.6 Å². The molecule has 0 aromatic carbocycles. The summed E-state index contributed by atoms with van der Waals surface area (Å²) in [6.45, 7) is 6.62. The molecule has 2 N–H and O–H groups in total. The Morgan fingerprint density at radius 2 is 2.12 bits per heavy atom. The Balaban J connectivity index is 0.00000243. The van der Waals surface area contributed by atoms with E-state index in [1.165, 1.54) is 10.4 Å². The molecule has 0 fully saturated rings. The van der Waals surface area contributed by atoms with Crippen LogP contribution < -0.4 is 10.6 Å². The fourth-order valence-corrected chi connectivity index (χ4v) is 3.40.